The van der Waals surface area contributed by atoms with Crippen LogP contribution in [0.2, 0.25) is 0 Å². The molecule has 29 heavy (non-hydrogen) atoms. The third-order valence-electron chi connectivity index (χ3n) is 3.78. The Bertz CT molecular complexity index is 787. The highest BCUT2D eigenvalue weighted by molar-refractivity contribution is 14.0. The van der Waals surface area contributed by atoms with Gasteiger partial charge in [-0.05, 0) is 30.5 Å². The molecule has 0 unspecified atom stereocenters. The molecule has 0 amide bonds. The fourth-order valence-electron chi connectivity index (χ4n) is 2.35. The average molecular weight is 540 g/mol. The molecule has 6 nitrogen and oxygen atoms in total. The molecule has 0 fully saturated rings. The van der Waals surface area contributed by atoms with E-state index in [1.165, 1.54) is 13.2 Å². The van der Waals surface area contributed by atoms with Crippen LogP contribution in [-0.2, 0) is 13.1 Å². The van der Waals surface area contributed by atoms with Crippen LogP contribution in [-0.4, -0.2) is 31.2 Å². The Morgan fingerprint density at radius 3 is 2.59 bits per heavy atom. The van der Waals surface area contributed by atoms with Crippen molar-refractivity contribution in [1.82, 2.24) is 15.6 Å². The Kier molecular flexibility index (Phi) is 11.2. The zero-order valence-corrected chi connectivity index (χ0v) is 20.0. The number of hydrogen-bond acceptors (Lipinski definition) is 5. The number of nitrogens with zero attached hydrogens (tertiary/aromatic N) is 2. The monoisotopic (exact) mass is 540 g/mol. The molecule has 0 saturated carbocycles. The highest BCUT2D eigenvalue weighted by Gasteiger charge is 2.11. The lowest BCUT2D eigenvalue weighted by Crippen LogP contribution is -2.36. The molecule has 2 N–H and O–H groups in total. The first-order valence-electron chi connectivity index (χ1n) is 9.01. The van der Waals surface area contributed by atoms with Gasteiger partial charge in [-0.25, -0.2) is 9.98 Å². The molecule has 0 aliphatic carbocycles. The molecular weight excluding hydrogens is 513 g/mol. The van der Waals surface area contributed by atoms with Gasteiger partial charge in [-0.3, -0.25) is 0 Å². The maximum absolute atomic E-state index is 12.6. The second-order valence-corrected chi connectivity index (χ2v) is 7.18. The van der Waals surface area contributed by atoms with E-state index in [1.807, 2.05) is 6.92 Å². The lowest BCUT2D eigenvalue weighted by molar-refractivity contribution is -0.0512. The minimum absolute atomic E-state index is 0. The molecule has 0 atom stereocenters. The minimum atomic E-state index is -2.92. The van der Waals surface area contributed by atoms with E-state index in [9.17, 15) is 8.78 Å². The summed E-state index contributed by atoms with van der Waals surface area (Å²) in [6.07, 6.45) is 0. The van der Waals surface area contributed by atoms with E-state index in [2.05, 4.69) is 44.6 Å². The van der Waals surface area contributed by atoms with Crippen molar-refractivity contribution < 1.29 is 18.3 Å². The first kappa shape index (κ1) is 25.3. The Balaban J connectivity index is 0.00000420. The van der Waals surface area contributed by atoms with E-state index in [4.69, 9.17) is 4.74 Å². The molecule has 0 spiro atoms. The smallest absolute Gasteiger partial charge is 0.387 e. The Hall–Kier alpha value is -1.69. The first-order chi connectivity index (χ1) is 13.4. The summed E-state index contributed by atoms with van der Waals surface area (Å²) in [5, 5.41) is 9.44. The number of methoxy groups -OCH3 is 1. The number of hydrogen-bond donors (Lipinski definition) is 2. The molecule has 1 aromatic heterocycles. The van der Waals surface area contributed by atoms with E-state index < -0.39 is 6.61 Å². The van der Waals surface area contributed by atoms with E-state index in [1.54, 1.807) is 23.5 Å². The summed E-state index contributed by atoms with van der Waals surface area (Å²) in [7, 11) is 1.40. The second kappa shape index (κ2) is 12.8. The summed E-state index contributed by atoms with van der Waals surface area (Å²) >= 11 is 1.61. The van der Waals surface area contributed by atoms with Crippen LogP contribution in [0.5, 0.6) is 11.5 Å². The first-order valence-corrected chi connectivity index (χ1v) is 9.89. The van der Waals surface area contributed by atoms with Crippen molar-refractivity contribution in [3.8, 4) is 11.5 Å². The molecule has 1 aromatic carbocycles. The molecule has 2 aromatic rings. The van der Waals surface area contributed by atoms with Gasteiger partial charge in [0.1, 0.15) is 5.01 Å². The summed E-state index contributed by atoms with van der Waals surface area (Å²) in [4.78, 5) is 9.09. The van der Waals surface area contributed by atoms with Gasteiger partial charge in [-0.15, -0.1) is 35.3 Å². The Labute approximate surface area is 191 Å². The number of thiazole rings is 1. The van der Waals surface area contributed by atoms with Crippen molar-refractivity contribution in [2.24, 2.45) is 4.99 Å². The Morgan fingerprint density at radius 1 is 1.24 bits per heavy atom. The van der Waals surface area contributed by atoms with Gasteiger partial charge in [0.25, 0.3) is 0 Å². The molecule has 162 valence electrons. The summed E-state index contributed by atoms with van der Waals surface area (Å²) < 4.78 is 34.7. The van der Waals surface area contributed by atoms with Gasteiger partial charge < -0.3 is 20.1 Å². The summed E-state index contributed by atoms with van der Waals surface area (Å²) in [5.74, 6) is 1.26. The topological polar surface area (TPSA) is 67.8 Å². The summed E-state index contributed by atoms with van der Waals surface area (Å²) in [6, 6.07) is 4.86. The summed E-state index contributed by atoms with van der Waals surface area (Å²) in [5.41, 5.74) is 1.80. The van der Waals surface area contributed by atoms with Crippen molar-refractivity contribution in [3.05, 3.63) is 39.8 Å². The molecule has 0 radical (unpaired) electrons. The van der Waals surface area contributed by atoms with Gasteiger partial charge in [0.2, 0.25) is 0 Å². The number of aromatic nitrogens is 1. The molecule has 10 heteroatoms. The number of alkyl halides is 2. The van der Waals surface area contributed by atoms with Crippen LogP contribution in [0.4, 0.5) is 8.78 Å². The predicted molar refractivity (Wildman–Crippen MR) is 123 cm³/mol. The lowest BCUT2D eigenvalue weighted by atomic mass is 10.2. The van der Waals surface area contributed by atoms with Crippen molar-refractivity contribution in [3.63, 3.8) is 0 Å². The highest BCUT2D eigenvalue weighted by Crippen LogP contribution is 2.29. The van der Waals surface area contributed by atoms with E-state index in [-0.39, 0.29) is 35.5 Å². The average Bonchev–Trinajstić information content (AvgIpc) is 3.13. The van der Waals surface area contributed by atoms with Crippen molar-refractivity contribution in [2.45, 2.75) is 46.4 Å². The van der Waals surface area contributed by atoms with Crippen molar-refractivity contribution in [2.75, 3.05) is 13.7 Å². The number of benzene rings is 1. The van der Waals surface area contributed by atoms with E-state index >= 15 is 0 Å². The SMILES string of the molecule is CCNC(=NCc1ccc(OC)c(OC(F)F)c1)NCc1nc(C(C)C)cs1.I. The van der Waals surface area contributed by atoms with Gasteiger partial charge in [0.05, 0.1) is 25.9 Å². The largest absolute Gasteiger partial charge is 0.493 e. The number of aliphatic imine (C=N–C) groups is 1. The van der Waals surface area contributed by atoms with Crippen LogP contribution in [0.1, 0.15) is 43.0 Å². The van der Waals surface area contributed by atoms with Crippen LogP contribution in [0.3, 0.4) is 0 Å². The zero-order chi connectivity index (χ0) is 20.5. The fraction of sp³-hybridized carbons (Fsp3) is 0.474. The van der Waals surface area contributed by atoms with Crippen LogP contribution < -0.4 is 20.1 Å². The molecular formula is C19H27F2IN4O2S. The van der Waals surface area contributed by atoms with Crippen molar-refractivity contribution >= 4 is 41.3 Å². The molecule has 0 bridgehead atoms. The van der Waals surface area contributed by atoms with Gasteiger partial charge in [0, 0.05) is 11.9 Å². The fourth-order valence-corrected chi connectivity index (χ4v) is 3.25. The normalized spacial score (nSPS) is 11.4. The zero-order valence-electron chi connectivity index (χ0n) is 16.9. The number of rotatable bonds is 9. The van der Waals surface area contributed by atoms with Crippen LogP contribution >= 0.6 is 35.3 Å². The molecule has 0 saturated heterocycles. The Morgan fingerprint density at radius 2 is 2.00 bits per heavy atom. The van der Waals surface area contributed by atoms with Gasteiger partial charge in [-0.2, -0.15) is 8.78 Å². The van der Waals surface area contributed by atoms with E-state index in [0.29, 0.717) is 31.5 Å². The third kappa shape index (κ3) is 8.29. The second-order valence-electron chi connectivity index (χ2n) is 6.23. The molecule has 1 heterocycles. The number of ether oxygens (including phenoxy) is 2. The van der Waals surface area contributed by atoms with Gasteiger partial charge in [-0.1, -0.05) is 19.9 Å². The highest BCUT2D eigenvalue weighted by atomic mass is 127. The third-order valence-corrected chi connectivity index (χ3v) is 4.64. The lowest BCUT2D eigenvalue weighted by Gasteiger charge is -2.12. The molecule has 0 aliphatic rings. The molecule has 0 aliphatic heterocycles. The maximum atomic E-state index is 12.6. The standard InChI is InChI=1S/C19H26F2N4O2S.HI/c1-5-22-19(24-10-17-25-14(11-28-17)12(2)3)23-9-13-6-7-15(26-4)16(8-13)27-18(20)21;/h6-8,11-12,18H,5,9-10H2,1-4H3,(H2,22,23,24);1H. The van der Waals surface area contributed by atoms with Crippen molar-refractivity contribution in [1.29, 1.82) is 0 Å². The van der Waals surface area contributed by atoms with Crippen LogP contribution in [0.25, 0.3) is 0 Å². The van der Waals surface area contributed by atoms with Crippen LogP contribution in [0, 0.1) is 0 Å². The number of halogens is 3. The quantitative estimate of drug-likeness (QED) is 0.273. The van der Waals surface area contributed by atoms with E-state index in [0.717, 1.165) is 16.3 Å². The number of guanidine groups is 1. The van der Waals surface area contributed by atoms with Gasteiger partial charge >= 0.3 is 6.61 Å². The number of nitrogens with one attached hydrogen (secondary N) is 2. The van der Waals surface area contributed by atoms with Gasteiger partial charge in [0.15, 0.2) is 17.5 Å². The molecule has 2 rings (SSSR count). The minimum Gasteiger partial charge on any atom is -0.493 e. The summed E-state index contributed by atoms with van der Waals surface area (Å²) in [6.45, 7) is 4.83. The predicted octanol–water partition coefficient (Wildman–Crippen LogP) is 4.75. The van der Waals surface area contributed by atoms with Crippen LogP contribution in [0.15, 0.2) is 28.6 Å². The maximum Gasteiger partial charge on any atom is 0.387 e.